The Morgan fingerprint density at radius 1 is 1.38 bits per heavy atom. The molecule has 1 aromatic heterocycles. The van der Waals surface area contributed by atoms with Crippen LogP contribution >= 0.6 is 11.6 Å². The number of aliphatic carboxylic acids is 1. The highest BCUT2D eigenvalue weighted by molar-refractivity contribution is 6.35. The first-order valence-electron chi connectivity index (χ1n) is 6.38. The van der Waals surface area contributed by atoms with Gasteiger partial charge in [0.15, 0.2) is 5.82 Å². The Hall–Kier alpha value is -2.08. The second kappa shape index (κ2) is 5.73. The normalized spacial score (nSPS) is 13.7. The molecule has 0 saturated heterocycles. The minimum atomic E-state index is -1.75. The van der Waals surface area contributed by atoms with E-state index in [1.807, 2.05) is 32.0 Å². The number of carboxylic acids is 1. The van der Waals surface area contributed by atoms with Gasteiger partial charge in [0, 0.05) is 5.69 Å². The van der Waals surface area contributed by atoms with Gasteiger partial charge in [0.05, 0.1) is 6.42 Å². The van der Waals surface area contributed by atoms with Gasteiger partial charge in [0.2, 0.25) is 10.9 Å². The van der Waals surface area contributed by atoms with Gasteiger partial charge in [0.25, 0.3) is 0 Å². The van der Waals surface area contributed by atoms with Crippen LogP contribution in [0.2, 0.25) is 0 Å². The highest BCUT2D eigenvalue weighted by atomic mass is 35.5. The van der Waals surface area contributed by atoms with Gasteiger partial charge >= 0.3 is 5.97 Å². The lowest BCUT2D eigenvalue weighted by Crippen LogP contribution is -2.43. The predicted molar refractivity (Wildman–Crippen MR) is 78.5 cm³/mol. The van der Waals surface area contributed by atoms with Gasteiger partial charge in [-0.3, -0.25) is 0 Å². The number of benzene rings is 1. The number of para-hydroxylation sites is 1. The minimum Gasteiger partial charge on any atom is -0.479 e. The fraction of sp³-hybridized carbons (Fsp3) is 0.357. The van der Waals surface area contributed by atoms with Crippen molar-refractivity contribution in [2.45, 2.75) is 32.2 Å². The molecule has 0 aliphatic heterocycles. The lowest BCUT2D eigenvalue weighted by atomic mass is 10.1. The third-order valence-corrected chi connectivity index (χ3v) is 3.50. The van der Waals surface area contributed by atoms with E-state index in [2.05, 4.69) is 15.5 Å². The SMILES string of the molecule is Cc1noc(CC(Cl)(Nc2c(C)cccc2C)C(=O)O)n1. The van der Waals surface area contributed by atoms with Gasteiger partial charge in [-0.15, -0.1) is 0 Å². The van der Waals surface area contributed by atoms with Gasteiger partial charge in [-0.2, -0.15) is 4.98 Å². The van der Waals surface area contributed by atoms with Crippen molar-refractivity contribution in [3.63, 3.8) is 0 Å². The van der Waals surface area contributed by atoms with Crippen LogP contribution in [-0.4, -0.2) is 26.2 Å². The number of hydrogen-bond acceptors (Lipinski definition) is 5. The third kappa shape index (κ3) is 3.33. The molecule has 1 heterocycles. The smallest absolute Gasteiger partial charge is 0.345 e. The molecule has 1 atom stereocenters. The van der Waals surface area contributed by atoms with Crippen molar-refractivity contribution in [2.24, 2.45) is 0 Å². The summed E-state index contributed by atoms with van der Waals surface area (Å²) in [6.07, 6.45) is -0.126. The van der Waals surface area contributed by atoms with E-state index < -0.39 is 11.0 Å². The highest BCUT2D eigenvalue weighted by Gasteiger charge is 2.39. The maximum absolute atomic E-state index is 11.6. The lowest BCUT2D eigenvalue weighted by molar-refractivity contribution is -0.139. The highest BCUT2D eigenvalue weighted by Crippen LogP contribution is 2.28. The Bertz CT molecular complexity index is 651. The van der Waals surface area contributed by atoms with E-state index in [0.717, 1.165) is 11.1 Å². The van der Waals surface area contributed by atoms with Crippen molar-refractivity contribution < 1.29 is 14.4 Å². The molecule has 2 N–H and O–H groups in total. The molecule has 6 nitrogen and oxygen atoms in total. The van der Waals surface area contributed by atoms with Gasteiger partial charge in [-0.05, 0) is 31.9 Å². The molecule has 0 aliphatic carbocycles. The van der Waals surface area contributed by atoms with E-state index in [0.29, 0.717) is 11.5 Å². The maximum Gasteiger partial charge on any atom is 0.345 e. The van der Waals surface area contributed by atoms with E-state index >= 15 is 0 Å². The largest absolute Gasteiger partial charge is 0.479 e. The van der Waals surface area contributed by atoms with Crippen LogP contribution in [0.5, 0.6) is 0 Å². The van der Waals surface area contributed by atoms with E-state index in [1.165, 1.54) is 0 Å². The second-order valence-corrected chi connectivity index (χ2v) is 5.56. The third-order valence-electron chi connectivity index (χ3n) is 3.11. The molecule has 0 bridgehead atoms. The summed E-state index contributed by atoms with van der Waals surface area (Å²) in [7, 11) is 0. The minimum absolute atomic E-state index is 0.126. The number of carboxylic acid groups (broad SMARTS) is 1. The zero-order valence-electron chi connectivity index (χ0n) is 12.0. The van der Waals surface area contributed by atoms with Crippen molar-refractivity contribution in [1.82, 2.24) is 10.1 Å². The summed E-state index contributed by atoms with van der Waals surface area (Å²) in [5.41, 5.74) is 2.50. The van der Waals surface area contributed by atoms with Crippen LogP contribution in [0.15, 0.2) is 22.7 Å². The van der Waals surface area contributed by atoms with Crippen LogP contribution in [-0.2, 0) is 11.2 Å². The monoisotopic (exact) mass is 309 g/mol. The fourth-order valence-corrected chi connectivity index (χ4v) is 2.21. The van der Waals surface area contributed by atoms with Crippen LogP contribution in [0.4, 0.5) is 5.69 Å². The molecule has 1 aromatic carbocycles. The summed E-state index contributed by atoms with van der Waals surface area (Å²) in [5, 5.41) is 16.0. The molecule has 2 aromatic rings. The fourth-order valence-electron chi connectivity index (χ4n) is 2.00. The first kappa shape index (κ1) is 15.3. The molecule has 7 heteroatoms. The summed E-state index contributed by atoms with van der Waals surface area (Å²) >= 11 is 6.26. The molecule has 0 aliphatic rings. The topological polar surface area (TPSA) is 88.2 Å². The molecule has 0 saturated carbocycles. The number of aryl methyl sites for hydroxylation is 3. The van der Waals surface area contributed by atoms with E-state index in [-0.39, 0.29) is 12.3 Å². The van der Waals surface area contributed by atoms with Crippen molar-refractivity contribution in [2.75, 3.05) is 5.32 Å². The number of carbonyl (C=O) groups is 1. The van der Waals surface area contributed by atoms with Gasteiger partial charge in [-0.25, -0.2) is 4.79 Å². The first-order chi connectivity index (χ1) is 9.82. The van der Waals surface area contributed by atoms with Crippen LogP contribution < -0.4 is 5.32 Å². The first-order valence-corrected chi connectivity index (χ1v) is 6.75. The Kier molecular flexibility index (Phi) is 4.18. The van der Waals surface area contributed by atoms with E-state index in [4.69, 9.17) is 16.1 Å². The number of halogens is 1. The van der Waals surface area contributed by atoms with Crippen molar-refractivity contribution in [1.29, 1.82) is 0 Å². The number of rotatable bonds is 5. The molecule has 0 spiro atoms. The zero-order chi connectivity index (χ0) is 15.6. The molecule has 2 rings (SSSR count). The average molecular weight is 310 g/mol. The zero-order valence-corrected chi connectivity index (χ0v) is 12.7. The molecule has 0 fully saturated rings. The Balaban J connectivity index is 2.32. The Morgan fingerprint density at radius 2 is 2.00 bits per heavy atom. The number of alkyl halides is 1. The van der Waals surface area contributed by atoms with E-state index in [9.17, 15) is 9.90 Å². The Labute approximate surface area is 127 Å². The number of aromatic nitrogens is 2. The maximum atomic E-state index is 11.6. The molecule has 21 heavy (non-hydrogen) atoms. The van der Waals surface area contributed by atoms with Crippen LogP contribution in [0.3, 0.4) is 0 Å². The van der Waals surface area contributed by atoms with Gasteiger partial charge in [-0.1, -0.05) is 35.0 Å². The Morgan fingerprint density at radius 3 is 2.48 bits per heavy atom. The standard InChI is InChI=1S/C14H16ClN3O3/c1-8-5-4-6-9(2)12(8)17-14(15,13(19)20)7-11-16-10(3)18-21-11/h4-6,17H,7H2,1-3H3,(H,19,20). The van der Waals surface area contributed by atoms with Crippen molar-refractivity contribution in [3.05, 3.63) is 41.0 Å². The van der Waals surface area contributed by atoms with Crippen molar-refractivity contribution in [3.8, 4) is 0 Å². The summed E-state index contributed by atoms with van der Waals surface area (Å²) < 4.78 is 4.96. The lowest BCUT2D eigenvalue weighted by Gasteiger charge is -2.25. The summed E-state index contributed by atoms with van der Waals surface area (Å²) in [5.74, 6) is -0.604. The summed E-state index contributed by atoms with van der Waals surface area (Å²) in [6, 6.07) is 5.66. The molecular formula is C14H16ClN3O3. The van der Waals surface area contributed by atoms with Crippen LogP contribution in [0.1, 0.15) is 22.8 Å². The molecule has 112 valence electrons. The summed E-state index contributed by atoms with van der Waals surface area (Å²) in [6.45, 7) is 5.42. The quantitative estimate of drug-likeness (QED) is 0.652. The molecular weight excluding hydrogens is 294 g/mol. The molecule has 0 amide bonds. The number of hydrogen-bond donors (Lipinski definition) is 2. The van der Waals surface area contributed by atoms with E-state index in [1.54, 1.807) is 6.92 Å². The van der Waals surface area contributed by atoms with Crippen LogP contribution in [0, 0.1) is 20.8 Å². The predicted octanol–water partition coefficient (Wildman–Crippen LogP) is 2.67. The van der Waals surface area contributed by atoms with Crippen molar-refractivity contribution >= 4 is 23.3 Å². The second-order valence-electron chi connectivity index (χ2n) is 4.91. The molecule has 1 unspecified atom stereocenters. The number of nitrogens with zero attached hydrogens (tertiary/aromatic N) is 2. The van der Waals surface area contributed by atoms with Gasteiger partial charge < -0.3 is 14.9 Å². The average Bonchev–Trinajstić information content (AvgIpc) is 2.79. The molecule has 0 radical (unpaired) electrons. The summed E-state index contributed by atoms with van der Waals surface area (Å²) in [4.78, 5) is 13.8. The van der Waals surface area contributed by atoms with Crippen LogP contribution in [0.25, 0.3) is 0 Å². The number of nitrogens with one attached hydrogen (secondary N) is 1. The van der Waals surface area contributed by atoms with Gasteiger partial charge in [0.1, 0.15) is 0 Å². The number of anilines is 1.